The number of hydrogen-bond donors (Lipinski definition) is 5. The van der Waals surface area contributed by atoms with Crippen LogP contribution in [0.3, 0.4) is 0 Å². The maximum atomic E-state index is 12.8. The van der Waals surface area contributed by atoms with Gasteiger partial charge in [-0.05, 0) is 60.7 Å². The Morgan fingerprint density at radius 2 is 1.70 bits per heavy atom. The van der Waals surface area contributed by atoms with E-state index in [2.05, 4.69) is 38.5 Å². The van der Waals surface area contributed by atoms with Crippen LogP contribution in [0.25, 0.3) is 0 Å². The molecule has 1 aliphatic heterocycles. The van der Waals surface area contributed by atoms with E-state index in [0.717, 1.165) is 43.6 Å². The van der Waals surface area contributed by atoms with Crippen LogP contribution in [0.4, 0.5) is 17.2 Å². The number of phenols is 1. The number of ether oxygens (including phenoxy) is 1. The molecular weight excluding hydrogens is 594 g/mol. The number of phenolic OH excluding ortho intramolecular Hbond substituents is 1. The van der Waals surface area contributed by atoms with Crippen LogP contribution in [0, 0.1) is 0 Å². The van der Waals surface area contributed by atoms with Gasteiger partial charge in [-0.1, -0.05) is 26.0 Å². The second kappa shape index (κ2) is 13.8. The second-order valence-corrected chi connectivity index (χ2v) is 14.4. The lowest BCUT2D eigenvalue weighted by molar-refractivity contribution is 0.102. The fourth-order valence-corrected chi connectivity index (χ4v) is 6.24. The second-order valence-electron chi connectivity index (χ2n) is 10.9. The summed E-state index contributed by atoms with van der Waals surface area (Å²) in [4.78, 5) is 6.80. The molecule has 2 aromatic carbocycles. The summed E-state index contributed by atoms with van der Waals surface area (Å²) in [7, 11) is -7.29. The number of aliphatic hydroxyl groups is 1. The van der Waals surface area contributed by atoms with Crippen molar-refractivity contribution in [2.45, 2.75) is 49.6 Å². The lowest BCUT2D eigenvalue weighted by atomic mass is 10.0. The van der Waals surface area contributed by atoms with Crippen molar-refractivity contribution >= 4 is 37.2 Å². The first-order valence-electron chi connectivity index (χ1n) is 14.0. The Balaban J connectivity index is 1.20. The van der Waals surface area contributed by atoms with Crippen LogP contribution in [0.5, 0.6) is 11.5 Å². The van der Waals surface area contributed by atoms with Gasteiger partial charge in [0.05, 0.1) is 28.7 Å². The molecule has 1 atom stereocenters. The van der Waals surface area contributed by atoms with Gasteiger partial charge in [-0.15, -0.1) is 0 Å². The number of nitrogens with one attached hydrogen (secondary N) is 3. The number of nitrogens with zero attached hydrogens (tertiary/aromatic N) is 2. The zero-order chi connectivity index (χ0) is 31.2. The van der Waals surface area contributed by atoms with E-state index in [0.29, 0.717) is 23.9 Å². The molecule has 1 saturated heterocycles. The van der Waals surface area contributed by atoms with Gasteiger partial charge in [0.1, 0.15) is 30.0 Å². The van der Waals surface area contributed by atoms with Gasteiger partial charge >= 0.3 is 0 Å². The number of hydrogen-bond acceptors (Lipinski definition) is 10. The lowest BCUT2D eigenvalue weighted by Gasteiger charge is -2.33. The Hall–Kier alpha value is -3.59. The molecule has 0 saturated carbocycles. The van der Waals surface area contributed by atoms with E-state index < -0.39 is 26.2 Å². The zero-order valence-corrected chi connectivity index (χ0v) is 26.0. The fourth-order valence-electron chi connectivity index (χ4n) is 4.63. The van der Waals surface area contributed by atoms with E-state index in [1.165, 1.54) is 24.4 Å². The summed E-state index contributed by atoms with van der Waals surface area (Å²) in [6.07, 6.45) is 3.35. The molecule has 1 aliphatic rings. The lowest BCUT2D eigenvalue weighted by Crippen LogP contribution is -2.45. The molecule has 3 aromatic rings. The number of rotatable bonds is 13. The van der Waals surface area contributed by atoms with Crippen LogP contribution >= 0.6 is 0 Å². The predicted molar refractivity (Wildman–Crippen MR) is 167 cm³/mol. The van der Waals surface area contributed by atoms with Crippen molar-refractivity contribution in [1.29, 1.82) is 0 Å². The SMILES string of the molecule is CC(C)c1ccc(S(=O)(=O)Nc2ccc(N3CCC(NC[C@H](O)COc4ccc(O)c(NS(C)(=O)=O)c4)CC3)nc2)cc1. The van der Waals surface area contributed by atoms with Crippen molar-refractivity contribution in [3.63, 3.8) is 0 Å². The first kappa shape index (κ1) is 32.3. The number of benzene rings is 2. The highest BCUT2D eigenvalue weighted by molar-refractivity contribution is 7.92. The van der Waals surface area contributed by atoms with Gasteiger partial charge in [0, 0.05) is 31.7 Å². The Bertz CT molecular complexity index is 1570. The van der Waals surface area contributed by atoms with E-state index in [4.69, 9.17) is 4.74 Å². The minimum Gasteiger partial charge on any atom is -0.506 e. The molecule has 12 nitrogen and oxygen atoms in total. The molecule has 5 N–H and O–H groups in total. The highest BCUT2D eigenvalue weighted by Crippen LogP contribution is 2.29. The van der Waals surface area contributed by atoms with E-state index in [9.17, 15) is 27.0 Å². The average molecular weight is 634 g/mol. The molecule has 2 heterocycles. The number of sulfonamides is 2. The molecule has 1 fully saturated rings. The Morgan fingerprint density at radius 1 is 1.00 bits per heavy atom. The molecule has 0 spiro atoms. The molecule has 0 bridgehead atoms. The van der Waals surface area contributed by atoms with E-state index in [1.54, 1.807) is 24.3 Å². The van der Waals surface area contributed by atoms with Gasteiger partial charge in [0.15, 0.2) is 0 Å². The maximum absolute atomic E-state index is 12.8. The summed E-state index contributed by atoms with van der Waals surface area (Å²) in [6, 6.07) is 14.7. The van der Waals surface area contributed by atoms with Crippen LogP contribution in [0.15, 0.2) is 65.7 Å². The van der Waals surface area contributed by atoms with Crippen LogP contribution in [0.2, 0.25) is 0 Å². The molecular formula is C29H39N5O7S2. The van der Waals surface area contributed by atoms with Crippen molar-refractivity contribution in [1.82, 2.24) is 10.3 Å². The Labute approximate surface area is 253 Å². The van der Waals surface area contributed by atoms with Gasteiger partial charge in [-0.3, -0.25) is 9.44 Å². The van der Waals surface area contributed by atoms with Crippen LogP contribution in [-0.2, 0) is 20.0 Å². The molecule has 0 radical (unpaired) electrons. The zero-order valence-electron chi connectivity index (χ0n) is 24.4. The van der Waals surface area contributed by atoms with Crippen molar-refractivity contribution in [3.05, 3.63) is 66.4 Å². The molecule has 4 rings (SSSR count). The summed E-state index contributed by atoms with van der Waals surface area (Å²) >= 11 is 0. The van der Waals surface area contributed by atoms with Crippen LogP contribution in [-0.4, -0.2) is 76.7 Å². The molecule has 0 amide bonds. The largest absolute Gasteiger partial charge is 0.506 e. The third kappa shape index (κ3) is 9.45. The minimum absolute atomic E-state index is 0.00263. The quantitative estimate of drug-likeness (QED) is 0.176. The van der Waals surface area contributed by atoms with Gasteiger partial charge in [-0.25, -0.2) is 21.8 Å². The number of pyridine rings is 1. The first-order valence-corrected chi connectivity index (χ1v) is 17.4. The average Bonchev–Trinajstić information content (AvgIpc) is 2.96. The fraction of sp³-hybridized carbons (Fsp3) is 0.414. The molecule has 0 aliphatic carbocycles. The third-order valence-electron chi connectivity index (χ3n) is 7.02. The predicted octanol–water partition coefficient (Wildman–Crippen LogP) is 3.08. The normalized spacial score (nSPS) is 15.3. The number of aromatic nitrogens is 1. The highest BCUT2D eigenvalue weighted by atomic mass is 32.2. The van der Waals surface area contributed by atoms with Crippen molar-refractivity contribution in [2.75, 3.05) is 46.8 Å². The number of anilines is 3. The topological polar surface area (TPSA) is 170 Å². The molecule has 234 valence electrons. The van der Waals surface area contributed by atoms with Gasteiger partial charge in [0.25, 0.3) is 10.0 Å². The van der Waals surface area contributed by atoms with E-state index >= 15 is 0 Å². The summed E-state index contributed by atoms with van der Waals surface area (Å²) in [5, 5.41) is 23.6. The van der Waals surface area contributed by atoms with Crippen LogP contribution < -0.4 is 24.4 Å². The standard InChI is InChI=1S/C29H39N5O7S2/c1-20(2)21-4-8-26(9-5-21)43(39,40)32-23-6-11-29(31-17-23)34-14-12-22(13-15-34)30-18-24(35)19-41-25-7-10-28(36)27(16-25)33-42(3,37)38/h4-11,16-17,20,22,24,30,32-33,35-36H,12-15,18-19H2,1-3H3/t24-/m0/s1. The van der Waals surface area contributed by atoms with E-state index in [1.807, 2.05) is 12.1 Å². The Morgan fingerprint density at radius 3 is 2.30 bits per heavy atom. The summed E-state index contributed by atoms with van der Waals surface area (Å²) in [5.41, 5.74) is 1.46. The molecule has 14 heteroatoms. The van der Waals surface area contributed by atoms with Crippen molar-refractivity contribution < 1.29 is 31.8 Å². The first-order chi connectivity index (χ1) is 20.3. The summed E-state index contributed by atoms with van der Waals surface area (Å²) < 4.78 is 58.9. The maximum Gasteiger partial charge on any atom is 0.261 e. The molecule has 0 unspecified atom stereocenters. The van der Waals surface area contributed by atoms with E-state index in [-0.39, 0.29) is 29.0 Å². The number of aliphatic hydroxyl groups excluding tert-OH is 1. The minimum atomic E-state index is -3.72. The third-order valence-corrected chi connectivity index (χ3v) is 9.01. The summed E-state index contributed by atoms with van der Waals surface area (Å²) in [5.74, 6) is 1.15. The molecule has 43 heavy (non-hydrogen) atoms. The van der Waals surface area contributed by atoms with Crippen molar-refractivity contribution in [2.24, 2.45) is 0 Å². The van der Waals surface area contributed by atoms with Gasteiger partial charge in [0.2, 0.25) is 10.0 Å². The molecule has 1 aromatic heterocycles. The summed E-state index contributed by atoms with van der Waals surface area (Å²) in [6.45, 7) is 5.89. The van der Waals surface area contributed by atoms with Gasteiger partial charge < -0.3 is 25.2 Å². The number of piperidine rings is 1. The monoisotopic (exact) mass is 633 g/mol. The Kier molecular flexibility index (Phi) is 10.4. The van der Waals surface area contributed by atoms with Gasteiger partial charge in [-0.2, -0.15) is 0 Å². The van der Waals surface area contributed by atoms with Crippen LogP contribution in [0.1, 0.15) is 38.2 Å². The smallest absolute Gasteiger partial charge is 0.261 e. The van der Waals surface area contributed by atoms with Crippen molar-refractivity contribution in [3.8, 4) is 11.5 Å². The number of aromatic hydroxyl groups is 1. The highest BCUT2D eigenvalue weighted by Gasteiger charge is 2.21.